The van der Waals surface area contributed by atoms with Gasteiger partial charge in [-0.25, -0.2) is 0 Å². The van der Waals surface area contributed by atoms with Crippen molar-refractivity contribution in [2.75, 3.05) is 0 Å². The van der Waals surface area contributed by atoms with Crippen molar-refractivity contribution in [1.29, 1.82) is 0 Å². The first-order chi connectivity index (χ1) is 11.4. The normalized spacial score (nSPS) is 10.2. The smallest absolute Gasteiger partial charge is 0.0267 e. The summed E-state index contributed by atoms with van der Waals surface area (Å²) in [4.78, 5) is 3.78. The van der Waals surface area contributed by atoms with Crippen LogP contribution >= 0.6 is 0 Å². The zero-order chi connectivity index (χ0) is 20.1. The summed E-state index contributed by atoms with van der Waals surface area (Å²) in [5, 5.41) is 0. The Bertz CT molecular complexity index is 490. The topological polar surface area (TPSA) is 12.9 Å². The Kier molecular flexibility index (Phi) is 13.0. The second kappa shape index (κ2) is 12.7. The number of aryl methyl sites for hydroxylation is 2. The van der Waals surface area contributed by atoms with Crippen LogP contribution in [0.15, 0.2) is 48.8 Å². The van der Waals surface area contributed by atoms with Gasteiger partial charge in [0.05, 0.1) is 0 Å². The average Bonchev–Trinajstić information content (AvgIpc) is 2.48. The number of hydrogen-bond donors (Lipinski definition) is 0. The van der Waals surface area contributed by atoms with Gasteiger partial charge < -0.3 is 0 Å². The van der Waals surface area contributed by atoms with Crippen LogP contribution in [0.5, 0.6) is 0 Å². The average molecular weight is 344 g/mol. The molecule has 1 aromatic carbocycles. The number of pyridine rings is 1. The standard InChI is InChI=1S/C12H18.C5H5N.C5H12.C2H6/c1-9-6-10(2)8-11(7-9)12(3,4)5;1-2-4-6-5-3-1;1-5(2,3)4;1-2/h6-8H,1-5H3;1-5H;1-4H3;1-2H3. The van der Waals surface area contributed by atoms with E-state index in [9.17, 15) is 0 Å². The van der Waals surface area contributed by atoms with Crippen LogP contribution in [0.3, 0.4) is 0 Å². The molecule has 1 heterocycles. The molecule has 1 heteroatoms. The minimum Gasteiger partial charge on any atom is -0.265 e. The Morgan fingerprint density at radius 3 is 1.20 bits per heavy atom. The van der Waals surface area contributed by atoms with Crippen LogP contribution in [-0.4, -0.2) is 4.98 Å². The van der Waals surface area contributed by atoms with E-state index in [1.807, 2.05) is 32.0 Å². The van der Waals surface area contributed by atoms with Crippen molar-refractivity contribution in [1.82, 2.24) is 4.98 Å². The molecule has 0 N–H and O–H groups in total. The fraction of sp³-hybridized carbons (Fsp3) is 0.542. The summed E-state index contributed by atoms with van der Waals surface area (Å²) in [6, 6.07) is 12.5. The zero-order valence-corrected chi connectivity index (χ0v) is 18.6. The van der Waals surface area contributed by atoms with Gasteiger partial charge in [0, 0.05) is 12.4 Å². The van der Waals surface area contributed by atoms with Crippen LogP contribution in [0.4, 0.5) is 0 Å². The maximum atomic E-state index is 3.78. The van der Waals surface area contributed by atoms with Gasteiger partial charge in [-0.05, 0) is 42.4 Å². The highest BCUT2D eigenvalue weighted by Gasteiger charge is 2.13. The Balaban J connectivity index is 0. The van der Waals surface area contributed by atoms with Gasteiger partial charge in [0.2, 0.25) is 0 Å². The van der Waals surface area contributed by atoms with Gasteiger partial charge in [0.25, 0.3) is 0 Å². The van der Waals surface area contributed by atoms with Crippen molar-refractivity contribution in [2.24, 2.45) is 5.41 Å². The van der Waals surface area contributed by atoms with E-state index in [1.165, 1.54) is 16.7 Å². The summed E-state index contributed by atoms with van der Waals surface area (Å²) < 4.78 is 0. The maximum Gasteiger partial charge on any atom is 0.0267 e. The molecule has 0 radical (unpaired) electrons. The van der Waals surface area contributed by atoms with Gasteiger partial charge in [0.15, 0.2) is 0 Å². The van der Waals surface area contributed by atoms with E-state index in [1.54, 1.807) is 12.4 Å². The molecule has 0 fully saturated rings. The molecule has 1 nitrogen and oxygen atoms in total. The lowest BCUT2D eigenvalue weighted by Crippen LogP contribution is -2.11. The van der Waals surface area contributed by atoms with Gasteiger partial charge in [0.1, 0.15) is 0 Å². The third kappa shape index (κ3) is 18.5. The molecule has 0 atom stereocenters. The monoisotopic (exact) mass is 343 g/mol. The molecule has 0 bridgehead atoms. The lowest BCUT2D eigenvalue weighted by atomic mass is 9.85. The Hall–Kier alpha value is -1.63. The van der Waals surface area contributed by atoms with E-state index in [2.05, 4.69) is 85.5 Å². The number of benzene rings is 1. The minimum absolute atomic E-state index is 0.275. The highest BCUT2D eigenvalue weighted by atomic mass is 14.6. The molecule has 2 aromatic rings. The summed E-state index contributed by atoms with van der Waals surface area (Å²) in [6.45, 7) is 23.8. The van der Waals surface area contributed by atoms with E-state index in [0.717, 1.165) is 0 Å². The second-order valence-corrected chi connectivity index (χ2v) is 8.65. The summed E-state index contributed by atoms with van der Waals surface area (Å²) in [5.41, 5.74) is 4.93. The summed E-state index contributed by atoms with van der Waals surface area (Å²) in [5.74, 6) is 0. The molecule has 0 unspecified atom stereocenters. The van der Waals surface area contributed by atoms with Crippen molar-refractivity contribution in [2.45, 2.75) is 81.6 Å². The quantitative estimate of drug-likeness (QED) is 0.476. The van der Waals surface area contributed by atoms with Gasteiger partial charge in [-0.1, -0.05) is 97.7 Å². The molecule has 2 rings (SSSR count). The van der Waals surface area contributed by atoms with Crippen molar-refractivity contribution >= 4 is 0 Å². The third-order valence-corrected chi connectivity index (χ3v) is 2.65. The lowest BCUT2D eigenvalue weighted by Gasteiger charge is -2.20. The molecule has 0 spiro atoms. The van der Waals surface area contributed by atoms with Crippen LogP contribution in [0.1, 0.15) is 79.0 Å². The van der Waals surface area contributed by atoms with Crippen LogP contribution in [0.25, 0.3) is 0 Å². The van der Waals surface area contributed by atoms with Crippen LogP contribution in [-0.2, 0) is 5.41 Å². The van der Waals surface area contributed by atoms with E-state index < -0.39 is 0 Å². The van der Waals surface area contributed by atoms with Crippen molar-refractivity contribution in [3.8, 4) is 0 Å². The highest BCUT2D eigenvalue weighted by Crippen LogP contribution is 2.23. The van der Waals surface area contributed by atoms with Gasteiger partial charge in [-0.15, -0.1) is 0 Å². The van der Waals surface area contributed by atoms with Crippen molar-refractivity contribution in [3.05, 3.63) is 65.5 Å². The molecule has 0 aliphatic carbocycles. The molecule has 25 heavy (non-hydrogen) atoms. The second-order valence-electron chi connectivity index (χ2n) is 8.65. The zero-order valence-electron chi connectivity index (χ0n) is 18.6. The molecule has 0 aliphatic rings. The van der Waals surface area contributed by atoms with E-state index >= 15 is 0 Å². The van der Waals surface area contributed by atoms with E-state index in [4.69, 9.17) is 0 Å². The van der Waals surface area contributed by atoms with Gasteiger partial charge in [-0.2, -0.15) is 0 Å². The maximum absolute atomic E-state index is 3.78. The predicted molar refractivity (Wildman–Crippen MR) is 115 cm³/mol. The molecule has 0 saturated heterocycles. The third-order valence-electron chi connectivity index (χ3n) is 2.65. The van der Waals surface area contributed by atoms with E-state index in [-0.39, 0.29) is 5.41 Å². The van der Waals surface area contributed by atoms with Crippen molar-refractivity contribution in [3.63, 3.8) is 0 Å². The number of rotatable bonds is 0. The summed E-state index contributed by atoms with van der Waals surface area (Å²) in [7, 11) is 0. The first-order valence-corrected chi connectivity index (χ1v) is 9.33. The minimum atomic E-state index is 0.275. The summed E-state index contributed by atoms with van der Waals surface area (Å²) >= 11 is 0. The van der Waals surface area contributed by atoms with Gasteiger partial charge >= 0.3 is 0 Å². The lowest BCUT2D eigenvalue weighted by molar-refractivity contribution is 0.469. The molecular weight excluding hydrogens is 302 g/mol. The largest absolute Gasteiger partial charge is 0.265 e. The summed E-state index contributed by atoms with van der Waals surface area (Å²) in [6.07, 6.45) is 3.50. The van der Waals surface area contributed by atoms with Gasteiger partial charge in [-0.3, -0.25) is 4.98 Å². The van der Waals surface area contributed by atoms with Crippen LogP contribution < -0.4 is 0 Å². The number of nitrogens with zero attached hydrogens (tertiary/aromatic N) is 1. The first kappa shape index (κ1) is 25.6. The molecule has 0 saturated carbocycles. The fourth-order valence-electron chi connectivity index (χ4n) is 1.72. The Labute approximate surface area is 157 Å². The fourth-order valence-corrected chi connectivity index (χ4v) is 1.72. The Morgan fingerprint density at radius 2 is 1.00 bits per heavy atom. The predicted octanol–water partition coefficient (Wildman–Crippen LogP) is 7.76. The molecule has 1 aromatic heterocycles. The van der Waals surface area contributed by atoms with Crippen LogP contribution in [0, 0.1) is 19.3 Å². The molecule has 0 aliphatic heterocycles. The highest BCUT2D eigenvalue weighted by molar-refractivity contribution is 5.32. The molecular formula is C24H41N. The number of aromatic nitrogens is 1. The van der Waals surface area contributed by atoms with E-state index in [0.29, 0.717) is 5.41 Å². The number of hydrogen-bond acceptors (Lipinski definition) is 1. The first-order valence-electron chi connectivity index (χ1n) is 9.33. The Morgan fingerprint density at radius 1 is 0.640 bits per heavy atom. The molecule has 0 amide bonds. The van der Waals surface area contributed by atoms with Crippen molar-refractivity contribution < 1.29 is 0 Å². The molecule has 142 valence electrons. The SMILES string of the molecule is CC.CC(C)(C)C.Cc1cc(C)cc(C(C)(C)C)c1.c1ccncc1. The van der Waals surface area contributed by atoms with Crippen LogP contribution in [0.2, 0.25) is 0 Å².